The SMILES string of the molecule is CCCOc1ccc2cc(-c3nn(C(C)(C)C)cc3C(=O)NN)ccc2c1.Cc1oc2ccccc2c1-c1nn(C(C)(C)C)c(N)c1C(N)=O. The Kier molecular flexibility index (Phi) is 9.79. The molecule has 0 radical (unpaired) electrons. The molecule has 2 amide bonds. The molecule has 0 saturated heterocycles. The Morgan fingerprint density at radius 3 is 2.24 bits per heavy atom. The minimum Gasteiger partial charge on any atom is -0.494 e. The van der Waals surface area contributed by atoms with Gasteiger partial charge in [0.15, 0.2) is 0 Å². The number of nitrogens with one attached hydrogen (secondary N) is 1. The number of ether oxygens (including phenoxy) is 1. The first kappa shape index (κ1) is 35.7. The van der Waals surface area contributed by atoms with Crippen molar-refractivity contribution >= 4 is 39.4 Å². The Hall–Kier alpha value is -5.62. The van der Waals surface area contributed by atoms with Gasteiger partial charge < -0.3 is 20.6 Å². The van der Waals surface area contributed by atoms with Gasteiger partial charge in [0.2, 0.25) is 0 Å². The number of aryl methyl sites for hydroxylation is 1. The maximum Gasteiger partial charge on any atom is 0.269 e. The quantitative estimate of drug-likeness (QED) is 0.0799. The molecule has 6 aromatic rings. The zero-order valence-corrected chi connectivity index (χ0v) is 29.9. The first-order valence-corrected chi connectivity index (χ1v) is 16.5. The van der Waals surface area contributed by atoms with Gasteiger partial charge in [0, 0.05) is 17.1 Å². The van der Waals surface area contributed by atoms with E-state index in [1.807, 2.05) is 109 Å². The van der Waals surface area contributed by atoms with E-state index < -0.39 is 5.91 Å². The van der Waals surface area contributed by atoms with Gasteiger partial charge in [0.1, 0.15) is 39.9 Å². The summed E-state index contributed by atoms with van der Waals surface area (Å²) in [6, 6.07) is 19.6. The highest BCUT2D eigenvalue weighted by atomic mass is 16.5. The van der Waals surface area contributed by atoms with Gasteiger partial charge in [0.25, 0.3) is 11.8 Å². The summed E-state index contributed by atoms with van der Waals surface area (Å²) in [5.41, 5.74) is 17.4. The molecule has 262 valence electrons. The Labute approximate surface area is 291 Å². The van der Waals surface area contributed by atoms with E-state index in [0.717, 1.165) is 45.0 Å². The van der Waals surface area contributed by atoms with Crippen molar-refractivity contribution in [1.29, 1.82) is 0 Å². The third kappa shape index (κ3) is 7.06. The fourth-order valence-corrected chi connectivity index (χ4v) is 5.68. The van der Waals surface area contributed by atoms with Crippen molar-refractivity contribution < 1.29 is 18.7 Å². The van der Waals surface area contributed by atoms with E-state index in [1.54, 1.807) is 15.6 Å². The van der Waals surface area contributed by atoms with Crippen LogP contribution in [0.3, 0.4) is 0 Å². The summed E-state index contributed by atoms with van der Waals surface area (Å²) in [6.45, 7) is 16.6. The zero-order valence-electron chi connectivity index (χ0n) is 29.9. The van der Waals surface area contributed by atoms with E-state index in [-0.39, 0.29) is 28.4 Å². The minimum absolute atomic E-state index is 0.231. The number of nitrogen functional groups attached to an aromatic ring is 2. The summed E-state index contributed by atoms with van der Waals surface area (Å²) in [5, 5.41) is 12.3. The average molecular weight is 679 g/mol. The van der Waals surface area contributed by atoms with Crippen LogP contribution in [-0.4, -0.2) is 38.0 Å². The number of hydrogen-bond acceptors (Lipinski definition) is 8. The monoisotopic (exact) mass is 678 g/mol. The van der Waals surface area contributed by atoms with E-state index in [1.165, 1.54) is 0 Å². The molecular formula is C38H46N8O4. The summed E-state index contributed by atoms with van der Waals surface area (Å²) in [6.07, 6.45) is 2.71. The summed E-state index contributed by atoms with van der Waals surface area (Å²) in [5.74, 6) is 6.21. The molecule has 3 aromatic carbocycles. The van der Waals surface area contributed by atoms with Crippen LogP contribution in [0.15, 0.2) is 71.3 Å². The van der Waals surface area contributed by atoms with Gasteiger partial charge in [-0.25, -0.2) is 10.5 Å². The number of carbonyl (C=O) groups excluding carboxylic acids is 2. The predicted molar refractivity (Wildman–Crippen MR) is 198 cm³/mol. The molecule has 0 aliphatic carbocycles. The molecule has 0 spiro atoms. The number of para-hydroxylation sites is 1. The van der Waals surface area contributed by atoms with E-state index >= 15 is 0 Å². The molecule has 12 heteroatoms. The maximum absolute atomic E-state index is 12.3. The molecule has 0 aliphatic heterocycles. The number of fused-ring (bicyclic) bond motifs is 2. The summed E-state index contributed by atoms with van der Waals surface area (Å²) in [7, 11) is 0. The van der Waals surface area contributed by atoms with E-state index in [9.17, 15) is 9.59 Å². The molecule has 0 bridgehead atoms. The number of benzene rings is 3. The number of rotatable bonds is 7. The number of nitrogens with two attached hydrogens (primary N) is 3. The number of furan rings is 1. The average Bonchev–Trinajstić information content (AvgIpc) is 3.76. The third-order valence-corrected chi connectivity index (χ3v) is 8.15. The van der Waals surface area contributed by atoms with Crippen molar-refractivity contribution in [3.63, 3.8) is 0 Å². The molecule has 0 atom stereocenters. The highest BCUT2D eigenvalue weighted by Gasteiger charge is 2.29. The van der Waals surface area contributed by atoms with Crippen molar-refractivity contribution in [3.8, 4) is 28.3 Å². The Bertz CT molecular complexity index is 2190. The molecule has 6 rings (SSSR count). The minimum atomic E-state index is -0.599. The van der Waals surface area contributed by atoms with Gasteiger partial charge >= 0.3 is 0 Å². The fraction of sp³-hybridized carbons (Fsp3) is 0.316. The molecule has 0 aliphatic rings. The molecule has 3 aromatic heterocycles. The van der Waals surface area contributed by atoms with Crippen LogP contribution in [0.25, 0.3) is 44.3 Å². The molecule has 50 heavy (non-hydrogen) atoms. The Balaban J connectivity index is 0.000000197. The van der Waals surface area contributed by atoms with Crippen LogP contribution >= 0.6 is 0 Å². The van der Waals surface area contributed by atoms with Crippen molar-refractivity contribution in [2.45, 2.75) is 72.9 Å². The van der Waals surface area contributed by atoms with Gasteiger partial charge in [-0.1, -0.05) is 43.3 Å². The van der Waals surface area contributed by atoms with Crippen molar-refractivity contribution in [2.75, 3.05) is 12.3 Å². The lowest BCUT2D eigenvalue weighted by Crippen LogP contribution is -2.30. The summed E-state index contributed by atoms with van der Waals surface area (Å²) in [4.78, 5) is 24.2. The van der Waals surface area contributed by atoms with Gasteiger partial charge in [-0.15, -0.1) is 0 Å². The number of hydrazine groups is 1. The standard InChI is InChI=1S/C21H26N4O2.C17H20N4O2/c1-5-10-27-17-9-8-14-11-16(7-6-15(14)12-17)19-18(20(26)23-22)13-25(24-19)21(2,3)4;1-9-12(10-7-5-6-8-11(10)23-9)14-13(16(19)22)15(18)21(20-14)17(2,3)4/h6-9,11-13H,5,10,22H2,1-4H3,(H,23,26);5-8H,18H2,1-4H3,(H2,19,22). The number of amides is 2. The van der Waals surface area contributed by atoms with Crippen LogP contribution in [0.5, 0.6) is 5.75 Å². The van der Waals surface area contributed by atoms with Crippen molar-refractivity contribution in [2.24, 2.45) is 11.6 Å². The number of aromatic nitrogens is 4. The molecular weight excluding hydrogens is 632 g/mol. The van der Waals surface area contributed by atoms with Gasteiger partial charge in [-0.3, -0.25) is 19.7 Å². The highest BCUT2D eigenvalue weighted by Crippen LogP contribution is 2.38. The Morgan fingerprint density at radius 2 is 1.60 bits per heavy atom. The maximum atomic E-state index is 12.3. The van der Waals surface area contributed by atoms with Crippen LogP contribution in [0.4, 0.5) is 5.82 Å². The highest BCUT2D eigenvalue weighted by molar-refractivity contribution is 6.07. The molecule has 0 fully saturated rings. The van der Waals surface area contributed by atoms with Gasteiger partial charge in [-0.05, 0) is 89.9 Å². The zero-order chi connectivity index (χ0) is 36.5. The number of anilines is 1. The van der Waals surface area contributed by atoms with Crippen LogP contribution in [-0.2, 0) is 11.1 Å². The van der Waals surface area contributed by atoms with Gasteiger partial charge in [0.05, 0.1) is 28.8 Å². The van der Waals surface area contributed by atoms with Crippen LogP contribution in [0.1, 0.15) is 81.4 Å². The summed E-state index contributed by atoms with van der Waals surface area (Å²) >= 11 is 0. The first-order valence-electron chi connectivity index (χ1n) is 16.5. The number of hydrogen-bond donors (Lipinski definition) is 4. The topological polar surface area (TPSA) is 182 Å². The second-order valence-electron chi connectivity index (χ2n) is 14.1. The number of primary amides is 1. The normalized spacial score (nSPS) is 11.8. The van der Waals surface area contributed by atoms with Gasteiger partial charge in [-0.2, -0.15) is 10.2 Å². The molecule has 3 heterocycles. The fourth-order valence-electron chi connectivity index (χ4n) is 5.68. The largest absolute Gasteiger partial charge is 0.494 e. The first-order chi connectivity index (χ1) is 23.5. The third-order valence-electron chi connectivity index (χ3n) is 8.15. The van der Waals surface area contributed by atoms with Crippen LogP contribution in [0.2, 0.25) is 0 Å². The lowest BCUT2D eigenvalue weighted by atomic mass is 10.0. The predicted octanol–water partition coefficient (Wildman–Crippen LogP) is 6.89. The van der Waals surface area contributed by atoms with E-state index in [4.69, 9.17) is 26.5 Å². The lowest BCUT2D eigenvalue weighted by Gasteiger charge is -2.20. The van der Waals surface area contributed by atoms with Crippen molar-refractivity contribution in [3.05, 3.63) is 83.7 Å². The smallest absolute Gasteiger partial charge is 0.269 e. The Morgan fingerprint density at radius 1 is 0.920 bits per heavy atom. The lowest BCUT2D eigenvalue weighted by molar-refractivity contribution is 0.0952. The number of nitrogens with zero attached hydrogens (tertiary/aromatic N) is 4. The second kappa shape index (κ2) is 13.7. The van der Waals surface area contributed by atoms with E-state index in [2.05, 4.69) is 22.5 Å². The summed E-state index contributed by atoms with van der Waals surface area (Å²) < 4.78 is 14.9. The van der Waals surface area contributed by atoms with Crippen molar-refractivity contribution in [1.82, 2.24) is 25.0 Å². The molecule has 0 unspecified atom stereocenters. The number of carbonyl (C=O) groups is 2. The van der Waals surface area contributed by atoms with E-state index in [0.29, 0.717) is 29.3 Å². The second-order valence-corrected chi connectivity index (χ2v) is 14.1. The molecule has 12 nitrogen and oxygen atoms in total. The molecule has 0 saturated carbocycles. The van der Waals surface area contributed by atoms with Crippen LogP contribution in [0, 0.1) is 6.92 Å². The van der Waals surface area contributed by atoms with Crippen LogP contribution < -0.4 is 27.5 Å². The molecule has 7 N–H and O–H groups in total.